The minimum atomic E-state index is 0. The number of carbonyl (C=O) groups is 1. The number of benzene rings is 1. The fourth-order valence-corrected chi connectivity index (χ4v) is 1.22. The van der Waals surface area contributed by atoms with E-state index >= 15 is 0 Å². The number of allylic oxidation sites excluding steroid dienone is 1. The SMILES string of the molecule is C=CCc1c(O)[c-]cc(C)c1C=O.[Y]. The van der Waals surface area contributed by atoms with Crippen molar-refractivity contribution in [1.82, 2.24) is 0 Å². The standard InChI is InChI=1S/C11H11O2.Y/c1-3-4-9-10(7-12)8(2)5-6-11(9)13;/h3,5,7,13H,1,4H2,2H3;/q-1;. The van der Waals surface area contributed by atoms with Crippen molar-refractivity contribution < 1.29 is 42.6 Å². The van der Waals surface area contributed by atoms with Gasteiger partial charge in [0.1, 0.15) is 6.29 Å². The van der Waals surface area contributed by atoms with Gasteiger partial charge in [-0.2, -0.15) is 6.07 Å². The summed E-state index contributed by atoms with van der Waals surface area (Å²) in [7, 11) is 0. The number of aromatic hydroxyl groups is 1. The molecule has 0 aliphatic heterocycles. The largest absolute Gasteiger partial charge is 0.534 e. The molecule has 0 heterocycles. The Labute approximate surface area is 109 Å². The van der Waals surface area contributed by atoms with Crippen LogP contribution >= 0.6 is 0 Å². The molecule has 14 heavy (non-hydrogen) atoms. The fourth-order valence-electron chi connectivity index (χ4n) is 1.22. The van der Waals surface area contributed by atoms with Crippen LogP contribution in [0.4, 0.5) is 0 Å². The Morgan fingerprint density at radius 1 is 1.64 bits per heavy atom. The van der Waals surface area contributed by atoms with Crippen molar-refractivity contribution in [2.75, 3.05) is 0 Å². The van der Waals surface area contributed by atoms with Gasteiger partial charge in [-0.05, 0) is 0 Å². The van der Waals surface area contributed by atoms with Gasteiger partial charge in [0, 0.05) is 38.5 Å². The molecule has 0 saturated carbocycles. The van der Waals surface area contributed by atoms with Crippen LogP contribution < -0.4 is 0 Å². The molecule has 1 N–H and O–H groups in total. The van der Waals surface area contributed by atoms with Crippen molar-refractivity contribution in [3.05, 3.63) is 41.5 Å². The molecular formula is C11H11O2Y-. The predicted molar refractivity (Wildman–Crippen MR) is 51.0 cm³/mol. The van der Waals surface area contributed by atoms with Crippen molar-refractivity contribution in [3.8, 4) is 5.75 Å². The molecule has 0 aromatic heterocycles. The van der Waals surface area contributed by atoms with E-state index < -0.39 is 0 Å². The summed E-state index contributed by atoms with van der Waals surface area (Å²) in [6.45, 7) is 5.37. The molecule has 71 valence electrons. The second-order valence-corrected chi connectivity index (χ2v) is 2.82. The second-order valence-electron chi connectivity index (χ2n) is 2.82. The van der Waals surface area contributed by atoms with Gasteiger partial charge in [0.25, 0.3) is 0 Å². The second kappa shape index (κ2) is 6.10. The normalized spacial score (nSPS) is 8.93. The van der Waals surface area contributed by atoms with E-state index in [2.05, 4.69) is 12.6 Å². The van der Waals surface area contributed by atoms with Crippen molar-refractivity contribution in [2.45, 2.75) is 13.3 Å². The Morgan fingerprint density at radius 2 is 2.29 bits per heavy atom. The number of rotatable bonds is 3. The first-order chi connectivity index (χ1) is 6.20. The number of hydrogen-bond acceptors (Lipinski definition) is 2. The van der Waals surface area contributed by atoms with Gasteiger partial charge in [0.15, 0.2) is 0 Å². The molecule has 0 unspecified atom stereocenters. The molecule has 1 radical (unpaired) electrons. The first-order valence-electron chi connectivity index (χ1n) is 4.00. The Balaban J connectivity index is 0.00000169. The molecule has 1 aromatic rings. The van der Waals surface area contributed by atoms with Gasteiger partial charge in [0.2, 0.25) is 0 Å². The van der Waals surface area contributed by atoms with Crippen LogP contribution in [0.25, 0.3) is 0 Å². The van der Waals surface area contributed by atoms with Crippen molar-refractivity contribution >= 4 is 6.29 Å². The minimum absolute atomic E-state index is 0. The van der Waals surface area contributed by atoms with E-state index in [0.717, 1.165) is 11.8 Å². The first kappa shape index (κ1) is 13.5. The summed E-state index contributed by atoms with van der Waals surface area (Å²) < 4.78 is 0. The van der Waals surface area contributed by atoms with E-state index in [1.165, 1.54) is 0 Å². The zero-order valence-corrected chi connectivity index (χ0v) is 10.9. The predicted octanol–water partition coefficient (Wildman–Crippen LogP) is 2.04. The number of aldehydes is 1. The van der Waals surface area contributed by atoms with E-state index in [-0.39, 0.29) is 38.5 Å². The van der Waals surface area contributed by atoms with Gasteiger partial charge < -0.3 is 9.90 Å². The van der Waals surface area contributed by atoms with Gasteiger partial charge in [-0.15, -0.1) is 23.8 Å². The Kier molecular flexibility index (Phi) is 5.90. The van der Waals surface area contributed by atoms with Crippen molar-refractivity contribution in [2.24, 2.45) is 0 Å². The number of aryl methyl sites for hydroxylation is 1. The molecule has 1 rings (SSSR count). The molecule has 0 aliphatic carbocycles. The van der Waals surface area contributed by atoms with Gasteiger partial charge in [-0.25, -0.2) is 0 Å². The monoisotopic (exact) mass is 264 g/mol. The number of hydrogen-bond donors (Lipinski definition) is 1. The van der Waals surface area contributed by atoms with Crippen LogP contribution in [0.1, 0.15) is 21.5 Å². The average molecular weight is 264 g/mol. The first-order valence-corrected chi connectivity index (χ1v) is 4.00. The Bertz CT molecular complexity index is 345. The van der Waals surface area contributed by atoms with Crippen LogP contribution in [0.3, 0.4) is 0 Å². The number of phenolic OH excluding ortho intramolecular Hbond substituents is 1. The van der Waals surface area contributed by atoms with E-state index in [0.29, 0.717) is 17.5 Å². The fraction of sp³-hybridized carbons (Fsp3) is 0.182. The third-order valence-corrected chi connectivity index (χ3v) is 1.93. The van der Waals surface area contributed by atoms with Crippen molar-refractivity contribution in [1.29, 1.82) is 0 Å². The third-order valence-electron chi connectivity index (χ3n) is 1.93. The minimum Gasteiger partial charge on any atom is -0.534 e. The van der Waals surface area contributed by atoms with Gasteiger partial charge in [-0.3, -0.25) is 0 Å². The maximum absolute atomic E-state index is 10.7. The molecule has 3 heteroatoms. The summed E-state index contributed by atoms with van der Waals surface area (Å²) in [5.41, 5.74) is 1.96. The van der Waals surface area contributed by atoms with Crippen LogP contribution in [0.5, 0.6) is 5.75 Å². The zero-order chi connectivity index (χ0) is 9.84. The van der Waals surface area contributed by atoms with E-state index in [1.807, 2.05) is 6.92 Å². The summed E-state index contributed by atoms with van der Waals surface area (Å²) in [5, 5.41) is 9.42. The van der Waals surface area contributed by atoms with Crippen LogP contribution in [-0.2, 0) is 39.1 Å². The molecule has 0 amide bonds. The van der Waals surface area contributed by atoms with Gasteiger partial charge >= 0.3 is 0 Å². The van der Waals surface area contributed by atoms with Gasteiger partial charge in [0.05, 0.1) is 0 Å². The molecule has 0 fully saturated rings. The topological polar surface area (TPSA) is 37.3 Å². The summed E-state index contributed by atoms with van der Waals surface area (Å²) in [6, 6.07) is 4.28. The molecular weight excluding hydrogens is 253 g/mol. The van der Waals surface area contributed by atoms with Crippen molar-refractivity contribution in [3.63, 3.8) is 0 Å². The summed E-state index contributed by atoms with van der Waals surface area (Å²) in [5.74, 6) is 0.0348. The molecule has 0 aliphatic rings. The summed E-state index contributed by atoms with van der Waals surface area (Å²) in [6.07, 6.45) is 2.88. The van der Waals surface area contributed by atoms with Crippen LogP contribution in [0.2, 0.25) is 0 Å². The number of phenols is 1. The molecule has 0 atom stereocenters. The molecule has 0 spiro atoms. The zero-order valence-electron chi connectivity index (χ0n) is 8.08. The Morgan fingerprint density at radius 3 is 2.79 bits per heavy atom. The van der Waals surface area contributed by atoms with Crippen LogP contribution in [0.15, 0.2) is 18.7 Å². The van der Waals surface area contributed by atoms with Crippen LogP contribution in [0, 0.1) is 13.0 Å². The summed E-state index contributed by atoms with van der Waals surface area (Å²) >= 11 is 0. The average Bonchev–Trinajstić information content (AvgIpc) is 2.12. The molecule has 0 bridgehead atoms. The van der Waals surface area contributed by atoms with Gasteiger partial charge in [-0.1, -0.05) is 25.0 Å². The smallest absolute Gasteiger partial charge is 0.126 e. The molecule has 1 aromatic carbocycles. The summed E-state index contributed by atoms with van der Waals surface area (Å²) in [4.78, 5) is 10.7. The van der Waals surface area contributed by atoms with E-state index in [4.69, 9.17) is 0 Å². The third kappa shape index (κ3) is 2.76. The van der Waals surface area contributed by atoms with Crippen LogP contribution in [-0.4, -0.2) is 11.4 Å². The quantitative estimate of drug-likeness (QED) is 0.515. The maximum Gasteiger partial charge on any atom is 0.126 e. The maximum atomic E-state index is 10.7. The van der Waals surface area contributed by atoms with E-state index in [1.54, 1.807) is 12.1 Å². The number of carbonyl (C=O) groups excluding carboxylic acids is 1. The molecule has 0 saturated heterocycles. The Hall–Kier alpha value is -0.466. The van der Waals surface area contributed by atoms with E-state index in [9.17, 15) is 9.90 Å². The molecule has 2 nitrogen and oxygen atoms in total.